The number of hydrogen-bond acceptors (Lipinski definition) is 5. The topological polar surface area (TPSA) is 93.7 Å². The summed E-state index contributed by atoms with van der Waals surface area (Å²) in [6.07, 6.45) is 0. The molecule has 0 aliphatic carbocycles. The molecule has 0 bridgehead atoms. The van der Waals surface area contributed by atoms with Crippen molar-refractivity contribution in [1.82, 2.24) is 10.9 Å². The monoisotopic (exact) mass is 362 g/mol. The van der Waals surface area contributed by atoms with Crippen molar-refractivity contribution in [2.24, 2.45) is 0 Å². The normalized spacial score (nSPS) is 9.80. The number of rotatable bonds is 6. The molecule has 2 aromatic carbocycles. The predicted molar refractivity (Wildman–Crippen MR) is 90.0 cm³/mol. The third kappa shape index (κ3) is 6.52. The summed E-state index contributed by atoms with van der Waals surface area (Å²) < 4.78 is 9.91. The van der Waals surface area contributed by atoms with Gasteiger partial charge in [-0.3, -0.25) is 20.4 Å². The van der Waals surface area contributed by atoms with Crippen molar-refractivity contribution in [2.75, 3.05) is 13.2 Å². The van der Waals surface area contributed by atoms with E-state index in [1.807, 2.05) is 0 Å². The average molecular weight is 363 g/mol. The molecule has 2 N–H and O–H groups in total. The van der Waals surface area contributed by atoms with E-state index in [0.29, 0.717) is 16.3 Å². The highest BCUT2D eigenvalue weighted by Crippen LogP contribution is 2.15. The second-order valence-corrected chi connectivity index (χ2v) is 5.21. The van der Waals surface area contributed by atoms with Crippen molar-refractivity contribution in [3.63, 3.8) is 0 Å². The summed E-state index contributed by atoms with van der Waals surface area (Å²) in [6, 6.07) is 14.8. The van der Waals surface area contributed by atoms with Crippen molar-refractivity contribution in [3.05, 3.63) is 65.2 Å². The van der Waals surface area contributed by atoms with Crippen LogP contribution in [0.3, 0.4) is 0 Å². The highest BCUT2D eigenvalue weighted by atomic mass is 35.5. The van der Waals surface area contributed by atoms with Crippen LogP contribution in [-0.4, -0.2) is 31.0 Å². The van der Waals surface area contributed by atoms with Crippen LogP contribution in [-0.2, 0) is 14.3 Å². The summed E-state index contributed by atoms with van der Waals surface area (Å²) in [5.74, 6) is -1.43. The largest absolute Gasteiger partial charge is 0.482 e. The maximum Gasteiger partial charge on any atom is 0.344 e. The van der Waals surface area contributed by atoms with Gasteiger partial charge in [-0.2, -0.15) is 0 Å². The van der Waals surface area contributed by atoms with E-state index in [0.717, 1.165) is 0 Å². The average Bonchev–Trinajstić information content (AvgIpc) is 2.64. The zero-order valence-corrected chi connectivity index (χ0v) is 13.8. The number of benzene rings is 2. The number of carbonyl (C=O) groups is 3. The fourth-order valence-electron chi connectivity index (χ4n) is 1.69. The molecule has 0 aliphatic rings. The Morgan fingerprint density at radius 1 is 0.880 bits per heavy atom. The van der Waals surface area contributed by atoms with Crippen LogP contribution in [0.25, 0.3) is 0 Å². The van der Waals surface area contributed by atoms with Gasteiger partial charge >= 0.3 is 5.97 Å². The van der Waals surface area contributed by atoms with Crippen LogP contribution in [0.1, 0.15) is 10.4 Å². The first-order valence-electron chi connectivity index (χ1n) is 7.23. The second kappa shape index (κ2) is 9.29. The minimum absolute atomic E-state index is 0.356. The Labute approximate surface area is 148 Å². The van der Waals surface area contributed by atoms with Crippen LogP contribution in [0.4, 0.5) is 0 Å². The molecular weight excluding hydrogens is 348 g/mol. The third-order valence-corrected chi connectivity index (χ3v) is 3.14. The van der Waals surface area contributed by atoms with Crippen LogP contribution in [0, 0.1) is 0 Å². The minimum Gasteiger partial charge on any atom is -0.482 e. The van der Waals surface area contributed by atoms with Gasteiger partial charge in [0.1, 0.15) is 5.75 Å². The predicted octanol–water partition coefficient (Wildman–Crippen LogP) is 1.72. The molecule has 0 unspecified atom stereocenters. The van der Waals surface area contributed by atoms with E-state index in [2.05, 4.69) is 10.9 Å². The maximum absolute atomic E-state index is 11.7. The van der Waals surface area contributed by atoms with E-state index in [-0.39, 0.29) is 6.61 Å². The minimum atomic E-state index is -0.723. The van der Waals surface area contributed by atoms with Crippen LogP contribution in [0.5, 0.6) is 5.75 Å². The SMILES string of the molecule is O=C(COC(=O)COc1ccc(Cl)cc1)NNC(=O)c1ccccc1. The fourth-order valence-corrected chi connectivity index (χ4v) is 1.81. The molecule has 0 aliphatic heterocycles. The molecule has 0 radical (unpaired) electrons. The number of ether oxygens (including phenoxy) is 2. The fraction of sp³-hybridized carbons (Fsp3) is 0.118. The molecule has 0 heterocycles. The molecule has 0 aromatic heterocycles. The van der Waals surface area contributed by atoms with E-state index < -0.39 is 24.4 Å². The van der Waals surface area contributed by atoms with Gasteiger partial charge in [0.25, 0.3) is 11.8 Å². The van der Waals surface area contributed by atoms with E-state index >= 15 is 0 Å². The number of halogens is 1. The van der Waals surface area contributed by atoms with E-state index in [1.165, 1.54) is 0 Å². The first-order chi connectivity index (χ1) is 12.0. The van der Waals surface area contributed by atoms with E-state index in [4.69, 9.17) is 21.1 Å². The van der Waals surface area contributed by atoms with Gasteiger partial charge in [0, 0.05) is 10.6 Å². The zero-order chi connectivity index (χ0) is 18.1. The molecular formula is C17H15ClN2O5. The number of nitrogens with one attached hydrogen (secondary N) is 2. The summed E-state index contributed by atoms with van der Waals surface area (Å²) in [6.45, 7) is -0.900. The number of hydrazine groups is 1. The van der Waals surface area contributed by atoms with Gasteiger partial charge in [-0.25, -0.2) is 4.79 Å². The second-order valence-electron chi connectivity index (χ2n) is 4.77. The van der Waals surface area contributed by atoms with Crippen LogP contribution in [0.15, 0.2) is 54.6 Å². The number of carbonyl (C=O) groups excluding carboxylic acids is 3. The highest BCUT2D eigenvalue weighted by molar-refractivity contribution is 6.30. The van der Waals surface area contributed by atoms with Crippen molar-refractivity contribution >= 4 is 29.4 Å². The molecule has 130 valence electrons. The Bertz CT molecular complexity index is 734. The molecule has 8 heteroatoms. The van der Waals surface area contributed by atoms with Gasteiger partial charge in [-0.1, -0.05) is 29.8 Å². The molecule has 0 atom stereocenters. The summed E-state index contributed by atoms with van der Waals surface area (Å²) in [7, 11) is 0. The van der Waals surface area contributed by atoms with Gasteiger partial charge < -0.3 is 9.47 Å². The number of esters is 1. The molecule has 0 saturated carbocycles. The van der Waals surface area contributed by atoms with Gasteiger partial charge in [-0.15, -0.1) is 0 Å². The first kappa shape index (κ1) is 18.3. The van der Waals surface area contributed by atoms with Gasteiger partial charge in [0.2, 0.25) is 0 Å². The quantitative estimate of drug-likeness (QED) is 0.603. The molecule has 2 amide bonds. The Kier molecular flexibility index (Phi) is 6.79. The summed E-state index contributed by atoms with van der Waals surface area (Å²) in [4.78, 5) is 34.8. The zero-order valence-electron chi connectivity index (χ0n) is 13.0. The summed E-state index contributed by atoms with van der Waals surface area (Å²) >= 11 is 5.73. The first-order valence-corrected chi connectivity index (χ1v) is 7.60. The molecule has 2 aromatic rings. The third-order valence-electron chi connectivity index (χ3n) is 2.89. The Morgan fingerprint density at radius 3 is 2.24 bits per heavy atom. The number of amides is 2. The Morgan fingerprint density at radius 2 is 1.56 bits per heavy atom. The van der Waals surface area contributed by atoms with Gasteiger partial charge in [-0.05, 0) is 36.4 Å². The lowest BCUT2D eigenvalue weighted by Gasteiger charge is -2.09. The van der Waals surface area contributed by atoms with Gasteiger partial charge in [0.15, 0.2) is 13.2 Å². The van der Waals surface area contributed by atoms with Crippen LogP contribution >= 0.6 is 11.6 Å². The summed E-state index contributed by atoms with van der Waals surface area (Å²) in [5, 5.41) is 0.546. The molecule has 0 saturated heterocycles. The van der Waals surface area contributed by atoms with E-state index in [1.54, 1.807) is 54.6 Å². The van der Waals surface area contributed by atoms with Crippen molar-refractivity contribution < 1.29 is 23.9 Å². The smallest absolute Gasteiger partial charge is 0.344 e. The lowest BCUT2D eigenvalue weighted by Crippen LogP contribution is -2.43. The lowest BCUT2D eigenvalue weighted by molar-refractivity contribution is -0.150. The molecule has 25 heavy (non-hydrogen) atoms. The molecule has 0 spiro atoms. The van der Waals surface area contributed by atoms with E-state index in [9.17, 15) is 14.4 Å². The van der Waals surface area contributed by atoms with Crippen LogP contribution < -0.4 is 15.6 Å². The molecule has 7 nitrogen and oxygen atoms in total. The Balaban J connectivity index is 1.64. The number of hydrogen-bond donors (Lipinski definition) is 2. The molecule has 2 rings (SSSR count). The van der Waals surface area contributed by atoms with Gasteiger partial charge in [0.05, 0.1) is 0 Å². The van der Waals surface area contributed by atoms with Crippen molar-refractivity contribution in [2.45, 2.75) is 0 Å². The maximum atomic E-state index is 11.7. The standard InChI is InChI=1S/C17H15ClN2O5/c18-13-6-8-14(9-7-13)24-11-16(22)25-10-15(21)19-20-17(23)12-4-2-1-3-5-12/h1-9H,10-11H2,(H,19,21)(H,20,23). The lowest BCUT2D eigenvalue weighted by atomic mass is 10.2. The highest BCUT2D eigenvalue weighted by Gasteiger charge is 2.10. The van der Waals surface area contributed by atoms with Crippen LogP contribution in [0.2, 0.25) is 5.02 Å². The summed E-state index contributed by atoms with van der Waals surface area (Å²) in [5.41, 5.74) is 4.74. The molecule has 0 fully saturated rings. The Hall–Kier alpha value is -3.06. The van der Waals surface area contributed by atoms with Crippen molar-refractivity contribution in [3.8, 4) is 5.75 Å². The van der Waals surface area contributed by atoms with Crippen molar-refractivity contribution in [1.29, 1.82) is 0 Å².